The van der Waals surface area contributed by atoms with E-state index in [9.17, 15) is 4.79 Å². The lowest BCUT2D eigenvalue weighted by Gasteiger charge is -2.10. The summed E-state index contributed by atoms with van der Waals surface area (Å²) in [7, 11) is 0. The summed E-state index contributed by atoms with van der Waals surface area (Å²) in [6.07, 6.45) is 7.08. The fourth-order valence-electron chi connectivity index (χ4n) is 1.93. The molecule has 0 aromatic carbocycles. The van der Waals surface area contributed by atoms with Gasteiger partial charge in [-0.1, -0.05) is 39.5 Å². The van der Waals surface area contributed by atoms with Gasteiger partial charge in [0.25, 0.3) is 0 Å². The lowest BCUT2D eigenvalue weighted by atomic mass is 9.94. The quantitative estimate of drug-likeness (QED) is 0.543. The average Bonchev–Trinajstić information content (AvgIpc) is 2.07. The minimum atomic E-state index is 0.325. The van der Waals surface area contributed by atoms with Crippen LogP contribution in [0.5, 0.6) is 0 Å². The zero-order valence-electron chi connectivity index (χ0n) is 8.31. The van der Waals surface area contributed by atoms with E-state index >= 15 is 0 Å². The molecule has 1 saturated carbocycles. The second-order valence-corrected chi connectivity index (χ2v) is 4.31. The summed E-state index contributed by atoms with van der Waals surface area (Å²) in [5.74, 6) is 1.44. The largest absolute Gasteiger partial charge is 0.299 e. The van der Waals surface area contributed by atoms with Crippen molar-refractivity contribution in [3.05, 3.63) is 0 Å². The summed E-state index contributed by atoms with van der Waals surface area (Å²) in [4.78, 5) is 11.5. The van der Waals surface area contributed by atoms with Gasteiger partial charge in [-0.2, -0.15) is 0 Å². The van der Waals surface area contributed by atoms with Crippen LogP contribution in [0, 0.1) is 11.8 Å². The van der Waals surface area contributed by atoms with Crippen LogP contribution in [-0.2, 0) is 4.79 Å². The molecule has 0 radical (unpaired) electrons. The van der Waals surface area contributed by atoms with Gasteiger partial charge in [0.05, 0.1) is 0 Å². The van der Waals surface area contributed by atoms with Crippen LogP contribution in [0.1, 0.15) is 52.4 Å². The molecule has 0 heterocycles. The molecule has 1 heteroatoms. The first kappa shape index (κ1) is 9.76. The molecule has 1 nitrogen and oxygen atoms in total. The van der Waals surface area contributed by atoms with Crippen LogP contribution in [-0.4, -0.2) is 5.78 Å². The van der Waals surface area contributed by atoms with Gasteiger partial charge in [0.15, 0.2) is 0 Å². The molecule has 0 bridgehead atoms. The van der Waals surface area contributed by atoms with Crippen molar-refractivity contribution < 1.29 is 4.79 Å². The first-order valence-electron chi connectivity index (χ1n) is 5.23. The number of Topliss-reactive ketones (excluding diaryl/α,β-unsaturated/α-hetero) is 1. The Hall–Kier alpha value is -0.330. The SMILES string of the molecule is C[C@H]1CCCCC[C@H](C)C(=O)C1. The molecule has 0 aliphatic heterocycles. The molecule has 0 aromatic rings. The highest BCUT2D eigenvalue weighted by Crippen LogP contribution is 2.22. The van der Waals surface area contributed by atoms with Crippen molar-refractivity contribution in [1.29, 1.82) is 0 Å². The van der Waals surface area contributed by atoms with E-state index in [4.69, 9.17) is 0 Å². The predicted octanol–water partition coefficient (Wildman–Crippen LogP) is 3.18. The summed E-state index contributed by atoms with van der Waals surface area (Å²) in [5, 5.41) is 0. The Kier molecular flexibility index (Phi) is 3.77. The molecule has 0 N–H and O–H groups in total. The monoisotopic (exact) mass is 168 g/mol. The molecule has 1 fully saturated rings. The second-order valence-electron chi connectivity index (χ2n) is 4.31. The third-order valence-electron chi connectivity index (χ3n) is 2.93. The Morgan fingerprint density at radius 3 is 2.50 bits per heavy atom. The number of carbonyl (C=O) groups excluding carboxylic acids is 1. The minimum absolute atomic E-state index is 0.325. The van der Waals surface area contributed by atoms with E-state index < -0.39 is 0 Å². The van der Waals surface area contributed by atoms with Gasteiger partial charge in [-0.05, 0) is 12.3 Å². The van der Waals surface area contributed by atoms with Gasteiger partial charge in [0.2, 0.25) is 0 Å². The van der Waals surface area contributed by atoms with Crippen molar-refractivity contribution in [3.63, 3.8) is 0 Å². The summed E-state index contributed by atoms with van der Waals surface area (Å²) < 4.78 is 0. The molecule has 1 rings (SSSR count). The summed E-state index contributed by atoms with van der Waals surface area (Å²) >= 11 is 0. The van der Waals surface area contributed by atoms with E-state index in [-0.39, 0.29) is 0 Å². The molecule has 0 spiro atoms. The zero-order valence-corrected chi connectivity index (χ0v) is 8.31. The summed E-state index contributed by atoms with van der Waals surface area (Å²) in [6, 6.07) is 0. The molecule has 1 aliphatic carbocycles. The van der Waals surface area contributed by atoms with Crippen LogP contribution in [0.3, 0.4) is 0 Å². The standard InChI is InChI=1S/C11H20O/c1-9-6-4-3-5-7-10(2)11(12)8-9/h9-10H,3-8H2,1-2H3/t9-,10-/m0/s1. The van der Waals surface area contributed by atoms with E-state index in [1.807, 2.05) is 0 Å². The number of carbonyl (C=O) groups is 1. The molecular formula is C11H20O. The highest BCUT2D eigenvalue weighted by Gasteiger charge is 2.17. The van der Waals surface area contributed by atoms with Crippen LogP contribution in [0.2, 0.25) is 0 Å². The molecular weight excluding hydrogens is 148 g/mol. The number of rotatable bonds is 0. The van der Waals surface area contributed by atoms with Crippen molar-refractivity contribution in [2.45, 2.75) is 52.4 Å². The highest BCUT2D eigenvalue weighted by molar-refractivity contribution is 5.80. The van der Waals surface area contributed by atoms with Gasteiger partial charge in [0.1, 0.15) is 5.78 Å². The smallest absolute Gasteiger partial charge is 0.135 e. The van der Waals surface area contributed by atoms with Gasteiger partial charge in [0, 0.05) is 12.3 Å². The Morgan fingerprint density at radius 1 is 1.08 bits per heavy atom. The Balaban J connectivity index is 2.46. The molecule has 2 atom stereocenters. The van der Waals surface area contributed by atoms with Crippen molar-refractivity contribution in [2.75, 3.05) is 0 Å². The predicted molar refractivity (Wildman–Crippen MR) is 51.0 cm³/mol. The lowest BCUT2D eigenvalue weighted by molar-refractivity contribution is -0.123. The second kappa shape index (κ2) is 4.64. The molecule has 1 aliphatic rings. The van der Waals surface area contributed by atoms with Crippen LogP contribution < -0.4 is 0 Å². The fraction of sp³-hybridized carbons (Fsp3) is 0.909. The van der Waals surface area contributed by atoms with Gasteiger partial charge in [-0.3, -0.25) is 4.79 Å². The molecule has 0 unspecified atom stereocenters. The van der Waals surface area contributed by atoms with Crippen molar-refractivity contribution in [1.82, 2.24) is 0 Å². The Morgan fingerprint density at radius 2 is 1.75 bits per heavy atom. The number of ketones is 1. The first-order chi connectivity index (χ1) is 5.70. The average molecular weight is 168 g/mol. The maximum absolute atomic E-state index is 11.5. The van der Waals surface area contributed by atoms with Crippen molar-refractivity contribution in [2.24, 2.45) is 11.8 Å². The molecule has 70 valence electrons. The Bertz CT molecular complexity index is 151. The minimum Gasteiger partial charge on any atom is -0.299 e. The number of hydrogen-bond donors (Lipinski definition) is 0. The summed E-state index contributed by atoms with van der Waals surface area (Å²) in [6.45, 7) is 4.29. The topological polar surface area (TPSA) is 17.1 Å². The van der Waals surface area contributed by atoms with Crippen LogP contribution in [0.25, 0.3) is 0 Å². The van der Waals surface area contributed by atoms with Crippen LogP contribution >= 0.6 is 0 Å². The van der Waals surface area contributed by atoms with E-state index in [0.29, 0.717) is 17.6 Å². The van der Waals surface area contributed by atoms with Gasteiger partial charge < -0.3 is 0 Å². The molecule has 0 aromatic heterocycles. The van der Waals surface area contributed by atoms with Crippen LogP contribution in [0.4, 0.5) is 0 Å². The van der Waals surface area contributed by atoms with Crippen molar-refractivity contribution in [3.8, 4) is 0 Å². The molecule has 0 saturated heterocycles. The molecule has 12 heavy (non-hydrogen) atoms. The first-order valence-corrected chi connectivity index (χ1v) is 5.23. The third kappa shape index (κ3) is 2.96. The van der Waals surface area contributed by atoms with Crippen LogP contribution in [0.15, 0.2) is 0 Å². The normalized spacial score (nSPS) is 33.7. The summed E-state index contributed by atoms with van der Waals surface area (Å²) in [5.41, 5.74) is 0. The maximum atomic E-state index is 11.5. The highest BCUT2D eigenvalue weighted by atomic mass is 16.1. The van der Waals surface area contributed by atoms with E-state index in [2.05, 4.69) is 13.8 Å². The maximum Gasteiger partial charge on any atom is 0.135 e. The van der Waals surface area contributed by atoms with Gasteiger partial charge >= 0.3 is 0 Å². The van der Waals surface area contributed by atoms with E-state index in [1.165, 1.54) is 25.7 Å². The van der Waals surface area contributed by atoms with Crippen molar-refractivity contribution >= 4 is 5.78 Å². The third-order valence-corrected chi connectivity index (χ3v) is 2.93. The van der Waals surface area contributed by atoms with Gasteiger partial charge in [-0.15, -0.1) is 0 Å². The van der Waals surface area contributed by atoms with E-state index in [1.54, 1.807) is 0 Å². The van der Waals surface area contributed by atoms with E-state index in [0.717, 1.165) is 12.8 Å². The van der Waals surface area contributed by atoms with Gasteiger partial charge in [-0.25, -0.2) is 0 Å². The fourth-order valence-corrected chi connectivity index (χ4v) is 1.93. The zero-order chi connectivity index (χ0) is 8.97. The molecule has 0 amide bonds. The number of hydrogen-bond acceptors (Lipinski definition) is 1. The lowest BCUT2D eigenvalue weighted by Crippen LogP contribution is -2.13. The Labute approximate surface area is 75.5 Å².